The fourth-order valence-electron chi connectivity index (χ4n) is 9.86. The summed E-state index contributed by atoms with van der Waals surface area (Å²) in [5.41, 5.74) is 5.52. The maximum Gasteiger partial charge on any atom is 0.294 e. The SMILES string of the molecule is CC1(C)C(=CC=C2CCC(C=CC3=[N+](CCCS(=O)(=O)[O-])c4ccc5cc(S(=O)(=O)O)ccc5c4C3(C)C)=C2Sc2ccccc2)N(CCCS(=O)(=O)[O-])c2ccc3cc(S(=O)(=O)[O-])ccc3c21. The van der Waals surface area contributed by atoms with E-state index in [0.717, 1.165) is 65.6 Å². The van der Waals surface area contributed by atoms with Crippen molar-refractivity contribution in [1.29, 1.82) is 0 Å². The van der Waals surface area contributed by atoms with Crippen LogP contribution in [-0.4, -0.2) is 86.8 Å². The summed E-state index contributed by atoms with van der Waals surface area (Å²) in [7, 11) is -18.2. The van der Waals surface area contributed by atoms with Crippen molar-refractivity contribution < 1.29 is 56.5 Å². The summed E-state index contributed by atoms with van der Waals surface area (Å²) in [5, 5.41) is 2.60. The topological polar surface area (TPSA) is 232 Å². The zero-order valence-electron chi connectivity index (χ0n) is 37.5. The molecule has 5 aromatic rings. The molecular formula is C49H48N2O12S5-2. The van der Waals surface area contributed by atoms with Crippen molar-refractivity contribution in [1.82, 2.24) is 0 Å². The molecule has 14 nitrogen and oxygen atoms in total. The van der Waals surface area contributed by atoms with Crippen LogP contribution in [0.4, 0.5) is 11.4 Å². The van der Waals surface area contributed by atoms with Crippen LogP contribution in [0.3, 0.4) is 0 Å². The summed E-state index contributed by atoms with van der Waals surface area (Å²) in [5.74, 6) is -1.13. The lowest BCUT2D eigenvalue weighted by molar-refractivity contribution is -0.437. The Morgan fingerprint density at radius 3 is 1.96 bits per heavy atom. The highest BCUT2D eigenvalue weighted by molar-refractivity contribution is 8.03. The Kier molecular flexibility index (Phi) is 13.2. The molecule has 1 N–H and O–H groups in total. The molecule has 0 bridgehead atoms. The predicted octanol–water partition coefficient (Wildman–Crippen LogP) is 8.40. The number of hydrogen-bond acceptors (Lipinski definition) is 13. The normalized spacial score (nSPS) is 18.6. The van der Waals surface area contributed by atoms with Gasteiger partial charge in [0.25, 0.3) is 10.1 Å². The third-order valence-corrected chi connectivity index (χ3v) is 17.4. The molecular weight excluding hydrogens is 969 g/mol. The van der Waals surface area contributed by atoms with E-state index in [0.29, 0.717) is 23.6 Å². The summed E-state index contributed by atoms with van der Waals surface area (Å²) >= 11 is 1.60. The Morgan fingerprint density at radius 2 is 1.31 bits per heavy atom. The zero-order chi connectivity index (χ0) is 49.2. The Balaban J connectivity index is 1.24. The zero-order valence-corrected chi connectivity index (χ0v) is 41.6. The number of thioether (sulfide) groups is 1. The second-order valence-corrected chi connectivity index (χ2v) is 25.1. The first-order valence-electron chi connectivity index (χ1n) is 21.7. The summed E-state index contributed by atoms with van der Waals surface area (Å²) in [6.45, 7) is 8.50. The van der Waals surface area contributed by atoms with Gasteiger partial charge in [-0.05, 0) is 126 Å². The molecule has 3 aliphatic rings. The van der Waals surface area contributed by atoms with Crippen LogP contribution in [0.1, 0.15) is 64.5 Å². The standard InChI is InChI=1S/C49H50N2O12S5/c1-48(2)43(50(26-8-28-65(52,53)54)41-22-14-34-30-37(67(58,59)60)18-20-39(34)45(41)48)24-16-32-12-13-33(47(32)64-36-10-6-5-7-11-36)17-25-44-49(3,4)46-40-21-19-38(68(61,62)63)31-35(40)15-23-42(46)51(44)27-9-29-66(55,56)57/h5-7,10-11,14-25,30-31H,8-9,12-13,26-29H2,1-4H3,(H3-,52,53,54,55,56,57,58,59,60,61,62,63)/p-2. The number of benzene rings is 5. The van der Waals surface area contributed by atoms with Crippen molar-refractivity contribution in [3.63, 3.8) is 0 Å². The van der Waals surface area contributed by atoms with E-state index in [1.54, 1.807) is 36.0 Å². The van der Waals surface area contributed by atoms with Gasteiger partial charge in [-0.25, -0.2) is 25.3 Å². The monoisotopic (exact) mass is 1020 g/mol. The first kappa shape index (κ1) is 49.5. The average molecular weight is 1020 g/mol. The van der Waals surface area contributed by atoms with Crippen molar-refractivity contribution in [2.75, 3.05) is 29.5 Å². The Bertz CT molecular complexity index is 3540. The van der Waals surface area contributed by atoms with Crippen LogP contribution in [0, 0.1) is 0 Å². The van der Waals surface area contributed by atoms with Crippen LogP contribution in [0.25, 0.3) is 21.5 Å². The third kappa shape index (κ3) is 10.0. The molecule has 0 radical (unpaired) electrons. The van der Waals surface area contributed by atoms with Gasteiger partial charge in [-0.3, -0.25) is 4.55 Å². The Hall–Kier alpha value is -4.96. The van der Waals surface area contributed by atoms with Gasteiger partial charge in [-0.15, -0.1) is 0 Å². The molecule has 0 fully saturated rings. The van der Waals surface area contributed by atoms with E-state index in [2.05, 4.69) is 12.2 Å². The first-order chi connectivity index (χ1) is 31.7. The van der Waals surface area contributed by atoms with Crippen LogP contribution in [0.2, 0.25) is 0 Å². The maximum atomic E-state index is 12.1. The van der Waals surface area contributed by atoms with Gasteiger partial charge in [0.15, 0.2) is 5.71 Å². The highest BCUT2D eigenvalue weighted by Crippen LogP contribution is 2.52. The molecule has 68 heavy (non-hydrogen) atoms. The number of nitrogens with zero attached hydrogens (tertiary/aromatic N) is 2. The van der Waals surface area contributed by atoms with Crippen LogP contribution in [0.15, 0.2) is 152 Å². The molecule has 0 saturated heterocycles. The minimum atomic E-state index is -4.72. The van der Waals surface area contributed by atoms with Crippen LogP contribution < -0.4 is 4.90 Å². The fraction of sp³-hybridized carbons (Fsp3) is 0.286. The van der Waals surface area contributed by atoms with Gasteiger partial charge < -0.3 is 18.6 Å². The quantitative estimate of drug-likeness (QED) is 0.0767. The molecule has 0 amide bonds. The van der Waals surface area contributed by atoms with Gasteiger partial charge in [-0.1, -0.05) is 74.2 Å². The highest BCUT2D eigenvalue weighted by atomic mass is 32.2. The number of hydrogen-bond donors (Lipinski definition) is 1. The van der Waals surface area contributed by atoms with Crippen molar-refractivity contribution in [2.45, 2.75) is 78.9 Å². The molecule has 0 saturated carbocycles. The van der Waals surface area contributed by atoms with Gasteiger partial charge >= 0.3 is 0 Å². The Labute approximate surface area is 401 Å². The van der Waals surface area contributed by atoms with E-state index < -0.39 is 62.8 Å². The van der Waals surface area contributed by atoms with E-state index in [1.165, 1.54) is 24.3 Å². The maximum absolute atomic E-state index is 12.1. The van der Waals surface area contributed by atoms with Crippen molar-refractivity contribution >= 4 is 90.9 Å². The van der Waals surface area contributed by atoms with Gasteiger partial charge in [0, 0.05) is 68.8 Å². The molecule has 5 aromatic carbocycles. The second kappa shape index (κ2) is 18.1. The highest BCUT2D eigenvalue weighted by Gasteiger charge is 2.46. The molecule has 0 aromatic heterocycles. The minimum absolute atomic E-state index is 0.0504. The lowest BCUT2D eigenvalue weighted by Gasteiger charge is -2.27. The molecule has 2 heterocycles. The predicted molar refractivity (Wildman–Crippen MR) is 261 cm³/mol. The smallest absolute Gasteiger partial charge is 0.294 e. The summed E-state index contributed by atoms with van der Waals surface area (Å²) in [6, 6.07) is 25.7. The molecule has 358 valence electrons. The molecule has 2 aliphatic heterocycles. The number of anilines is 1. The van der Waals surface area contributed by atoms with Crippen LogP contribution >= 0.6 is 11.8 Å². The largest absolute Gasteiger partial charge is 0.748 e. The van der Waals surface area contributed by atoms with Crippen LogP contribution in [0.5, 0.6) is 0 Å². The van der Waals surface area contributed by atoms with Gasteiger partial charge in [0.2, 0.25) is 5.69 Å². The summed E-state index contributed by atoms with van der Waals surface area (Å²) < 4.78 is 142. The third-order valence-electron chi connectivity index (χ3n) is 12.9. The van der Waals surface area contributed by atoms with Gasteiger partial charge in [0.05, 0.1) is 35.4 Å². The molecule has 19 heteroatoms. The van der Waals surface area contributed by atoms with Crippen molar-refractivity contribution in [2.24, 2.45) is 0 Å². The summed E-state index contributed by atoms with van der Waals surface area (Å²) in [4.78, 5) is 3.39. The summed E-state index contributed by atoms with van der Waals surface area (Å²) in [6.07, 6.45) is 9.56. The van der Waals surface area contributed by atoms with E-state index >= 15 is 0 Å². The van der Waals surface area contributed by atoms with Crippen molar-refractivity contribution in [3.05, 3.63) is 148 Å². The number of fused-ring (bicyclic) bond motifs is 6. The van der Waals surface area contributed by atoms with Crippen LogP contribution in [-0.2, 0) is 51.3 Å². The first-order valence-corrected chi connectivity index (χ1v) is 28.5. The lowest BCUT2D eigenvalue weighted by atomic mass is 9.79. The average Bonchev–Trinajstić information content (AvgIpc) is 3.80. The Morgan fingerprint density at radius 1 is 0.691 bits per heavy atom. The van der Waals surface area contributed by atoms with Crippen molar-refractivity contribution in [3.8, 4) is 0 Å². The molecule has 0 spiro atoms. The van der Waals surface area contributed by atoms with E-state index in [-0.39, 0.29) is 35.7 Å². The lowest BCUT2D eigenvalue weighted by Crippen LogP contribution is -2.28. The van der Waals surface area contributed by atoms with E-state index in [1.807, 2.05) is 91.8 Å². The van der Waals surface area contributed by atoms with Gasteiger partial charge in [-0.2, -0.15) is 13.0 Å². The second-order valence-electron chi connectivity index (χ2n) is 18.1. The molecule has 0 unspecified atom stereocenters. The molecule has 1 aliphatic carbocycles. The molecule has 8 rings (SSSR count). The van der Waals surface area contributed by atoms with Gasteiger partial charge in [0.1, 0.15) is 16.7 Å². The molecule has 0 atom stereocenters. The number of allylic oxidation sites excluding steroid dienone is 7. The van der Waals surface area contributed by atoms with E-state index in [4.69, 9.17) is 0 Å². The van der Waals surface area contributed by atoms with E-state index in [9.17, 15) is 51.9 Å². The minimum Gasteiger partial charge on any atom is -0.748 e. The number of rotatable bonds is 15. The fourth-order valence-corrected chi connectivity index (χ4v) is 13.0.